The highest BCUT2D eigenvalue weighted by molar-refractivity contribution is 7.99. The Morgan fingerprint density at radius 2 is 1.78 bits per heavy atom. The topological polar surface area (TPSA) is 64.2 Å². The third-order valence-corrected chi connectivity index (χ3v) is 6.48. The lowest BCUT2D eigenvalue weighted by molar-refractivity contribution is -0.893. The Morgan fingerprint density at radius 1 is 1.06 bits per heavy atom. The zero-order valence-corrected chi connectivity index (χ0v) is 20.3. The van der Waals surface area contributed by atoms with Crippen LogP contribution in [-0.2, 0) is 11.3 Å². The third kappa shape index (κ3) is 5.99. The number of aromatic nitrogens is 3. The summed E-state index contributed by atoms with van der Waals surface area (Å²) in [6.07, 6.45) is 3.16. The Hall–Kier alpha value is -2.64. The van der Waals surface area contributed by atoms with Crippen molar-refractivity contribution in [3.8, 4) is 11.1 Å². The van der Waals surface area contributed by atoms with Gasteiger partial charge < -0.3 is 14.8 Å². The second kappa shape index (κ2) is 11.8. The highest BCUT2D eigenvalue weighted by Gasteiger charge is 2.25. The van der Waals surface area contributed by atoms with Gasteiger partial charge in [-0.05, 0) is 18.1 Å². The van der Waals surface area contributed by atoms with E-state index >= 15 is 0 Å². The number of carbonyl (C=O) groups is 1. The minimum absolute atomic E-state index is 0.0461. The Balaban J connectivity index is 1.72. The van der Waals surface area contributed by atoms with Gasteiger partial charge in [0.1, 0.15) is 6.04 Å². The molecular formula is C25H34N5OS+. The van der Waals surface area contributed by atoms with Crippen LogP contribution in [-0.4, -0.2) is 40.5 Å². The molecule has 7 heteroatoms. The average molecular weight is 453 g/mol. The molecule has 3 aromatic rings. The normalized spacial score (nSPS) is 12.2. The Morgan fingerprint density at radius 3 is 2.47 bits per heavy atom. The molecule has 0 aliphatic carbocycles. The van der Waals surface area contributed by atoms with Crippen LogP contribution in [0.25, 0.3) is 11.1 Å². The van der Waals surface area contributed by atoms with Crippen LogP contribution in [0.15, 0.2) is 59.8 Å². The Bertz CT molecular complexity index is 1000. The smallest absolute Gasteiger partial charge is 0.234 e. The molecule has 0 radical (unpaired) electrons. The van der Waals surface area contributed by atoms with E-state index in [0.29, 0.717) is 11.8 Å². The second-order valence-corrected chi connectivity index (χ2v) is 9.08. The zero-order chi connectivity index (χ0) is 22.9. The van der Waals surface area contributed by atoms with Crippen molar-refractivity contribution >= 4 is 23.4 Å². The van der Waals surface area contributed by atoms with E-state index in [4.69, 9.17) is 0 Å². The van der Waals surface area contributed by atoms with Crippen molar-refractivity contribution < 1.29 is 9.69 Å². The molecule has 1 atom stereocenters. The molecule has 1 aromatic heterocycles. The van der Waals surface area contributed by atoms with Crippen LogP contribution in [0.2, 0.25) is 0 Å². The van der Waals surface area contributed by atoms with Crippen LogP contribution in [0.4, 0.5) is 5.69 Å². The first-order valence-electron chi connectivity index (χ1n) is 11.3. The van der Waals surface area contributed by atoms with Gasteiger partial charge in [-0.3, -0.25) is 4.79 Å². The Labute approximate surface area is 195 Å². The first kappa shape index (κ1) is 24.0. The molecule has 170 valence electrons. The molecule has 3 rings (SSSR count). The molecule has 0 saturated carbocycles. The summed E-state index contributed by atoms with van der Waals surface area (Å²) in [6, 6.07) is 18.3. The maximum absolute atomic E-state index is 12.8. The molecule has 32 heavy (non-hydrogen) atoms. The summed E-state index contributed by atoms with van der Waals surface area (Å²) >= 11 is 1.46. The van der Waals surface area contributed by atoms with Crippen LogP contribution < -0.4 is 10.2 Å². The fourth-order valence-electron chi connectivity index (χ4n) is 3.82. The van der Waals surface area contributed by atoms with Gasteiger partial charge in [-0.2, -0.15) is 0 Å². The van der Waals surface area contributed by atoms with Gasteiger partial charge in [-0.15, -0.1) is 10.2 Å². The molecule has 0 fully saturated rings. The largest absolute Gasteiger partial charge is 0.331 e. The standard InChI is InChI=1S/C25H33N5OS/c1-5-7-17-30-24(22(6-2)29(3)4)27-28-25(30)32-18-23(31)26-21-16-12-11-15-20(21)19-13-9-8-10-14-19/h8-16,22H,5-7,17-18H2,1-4H3,(H,26,31)/p+1/t22-/m1/s1. The summed E-state index contributed by atoms with van der Waals surface area (Å²) in [5, 5.41) is 12.9. The van der Waals surface area contributed by atoms with E-state index in [0.717, 1.165) is 53.6 Å². The summed E-state index contributed by atoms with van der Waals surface area (Å²) < 4.78 is 2.21. The van der Waals surface area contributed by atoms with Crippen LogP contribution in [0.1, 0.15) is 45.0 Å². The number of para-hydroxylation sites is 1. The lowest BCUT2D eigenvalue weighted by Gasteiger charge is -2.20. The number of nitrogens with one attached hydrogen (secondary N) is 2. The maximum Gasteiger partial charge on any atom is 0.234 e. The van der Waals surface area contributed by atoms with Crippen LogP contribution in [0, 0.1) is 0 Å². The zero-order valence-electron chi connectivity index (χ0n) is 19.5. The summed E-state index contributed by atoms with van der Waals surface area (Å²) in [5.41, 5.74) is 2.91. The monoisotopic (exact) mass is 452 g/mol. The molecule has 1 heterocycles. The van der Waals surface area contributed by atoms with Crippen LogP contribution >= 0.6 is 11.8 Å². The summed E-state index contributed by atoms with van der Waals surface area (Å²) in [6.45, 7) is 5.24. The number of hydrogen-bond acceptors (Lipinski definition) is 4. The highest BCUT2D eigenvalue weighted by atomic mass is 32.2. The van der Waals surface area contributed by atoms with Crippen molar-refractivity contribution in [1.29, 1.82) is 0 Å². The van der Waals surface area contributed by atoms with E-state index in [9.17, 15) is 4.79 Å². The van der Waals surface area contributed by atoms with E-state index < -0.39 is 0 Å². The van der Waals surface area contributed by atoms with E-state index in [1.807, 2.05) is 54.6 Å². The van der Waals surface area contributed by atoms with Gasteiger partial charge >= 0.3 is 0 Å². The Kier molecular flexibility index (Phi) is 8.88. The summed E-state index contributed by atoms with van der Waals surface area (Å²) in [4.78, 5) is 14.1. The van der Waals surface area contributed by atoms with Crippen LogP contribution in [0.3, 0.4) is 0 Å². The van der Waals surface area contributed by atoms with Gasteiger partial charge in [-0.25, -0.2) is 0 Å². The number of thioether (sulfide) groups is 1. The quantitative estimate of drug-likeness (QED) is 0.431. The fourth-order valence-corrected chi connectivity index (χ4v) is 4.59. The summed E-state index contributed by atoms with van der Waals surface area (Å²) in [7, 11) is 4.30. The molecule has 0 spiro atoms. The summed E-state index contributed by atoms with van der Waals surface area (Å²) in [5.74, 6) is 1.26. The third-order valence-electron chi connectivity index (χ3n) is 5.52. The number of hydrogen-bond donors (Lipinski definition) is 2. The molecule has 1 amide bonds. The lowest BCUT2D eigenvalue weighted by atomic mass is 10.0. The van der Waals surface area contributed by atoms with Gasteiger partial charge in [0.15, 0.2) is 11.0 Å². The van der Waals surface area contributed by atoms with Gasteiger partial charge in [0.2, 0.25) is 5.91 Å². The predicted octanol–water partition coefficient (Wildman–Crippen LogP) is 4.07. The van der Waals surface area contributed by atoms with Crippen molar-refractivity contribution in [2.45, 2.75) is 50.9 Å². The molecular weight excluding hydrogens is 418 g/mol. The van der Waals surface area contributed by atoms with Crippen molar-refractivity contribution in [2.24, 2.45) is 0 Å². The maximum atomic E-state index is 12.8. The van der Waals surface area contributed by atoms with Gasteiger partial charge in [0.05, 0.1) is 19.8 Å². The molecule has 2 N–H and O–H groups in total. The SMILES string of the molecule is CCCCn1c(SCC(=O)Nc2ccccc2-c2ccccc2)nnc1[C@@H](CC)[NH+](C)C. The van der Waals surface area contributed by atoms with Crippen molar-refractivity contribution in [1.82, 2.24) is 14.8 Å². The first-order chi connectivity index (χ1) is 15.5. The number of quaternary nitrogens is 1. The van der Waals surface area contributed by atoms with Gasteiger partial charge in [-0.1, -0.05) is 80.6 Å². The molecule has 0 aliphatic heterocycles. The van der Waals surface area contributed by atoms with Crippen molar-refractivity contribution in [3.63, 3.8) is 0 Å². The number of benzene rings is 2. The molecule has 0 unspecified atom stereocenters. The highest BCUT2D eigenvalue weighted by Crippen LogP contribution is 2.28. The first-order valence-corrected chi connectivity index (χ1v) is 12.3. The predicted molar refractivity (Wildman–Crippen MR) is 132 cm³/mol. The molecule has 2 aromatic carbocycles. The fraction of sp³-hybridized carbons (Fsp3) is 0.400. The minimum Gasteiger partial charge on any atom is -0.331 e. The average Bonchev–Trinajstić information content (AvgIpc) is 3.19. The van der Waals surface area contributed by atoms with Crippen molar-refractivity contribution in [2.75, 3.05) is 25.2 Å². The number of amides is 1. The number of nitrogens with zero attached hydrogens (tertiary/aromatic N) is 3. The van der Waals surface area contributed by atoms with E-state index in [1.165, 1.54) is 16.7 Å². The molecule has 0 aliphatic rings. The number of unbranched alkanes of at least 4 members (excludes halogenated alkanes) is 1. The second-order valence-electron chi connectivity index (χ2n) is 8.13. The minimum atomic E-state index is -0.0461. The van der Waals surface area contributed by atoms with Gasteiger partial charge in [0, 0.05) is 24.2 Å². The lowest BCUT2D eigenvalue weighted by Crippen LogP contribution is -3.06. The number of anilines is 1. The number of rotatable bonds is 11. The van der Waals surface area contributed by atoms with E-state index in [-0.39, 0.29) is 5.91 Å². The molecule has 0 bridgehead atoms. The van der Waals surface area contributed by atoms with Crippen molar-refractivity contribution in [3.05, 3.63) is 60.4 Å². The molecule has 6 nitrogen and oxygen atoms in total. The van der Waals surface area contributed by atoms with Gasteiger partial charge in [0.25, 0.3) is 0 Å². The number of carbonyl (C=O) groups excluding carboxylic acids is 1. The van der Waals surface area contributed by atoms with E-state index in [2.05, 4.69) is 48.0 Å². The molecule has 0 saturated heterocycles. The van der Waals surface area contributed by atoms with Crippen LogP contribution in [0.5, 0.6) is 0 Å². The van der Waals surface area contributed by atoms with E-state index in [1.54, 1.807) is 0 Å².